The summed E-state index contributed by atoms with van der Waals surface area (Å²) < 4.78 is 4.94. The zero-order chi connectivity index (χ0) is 13.8. The third-order valence-corrected chi connectivity index (χ3v) is 3.75. The van der Waals surface area contributed by atoms with E-state index in [0.717, 1.165) is 23.5 Å². The van der Waals surface area contributed by atoms with Crippen molar-refractivity contribution >= 4 is 28.3 Å². The molecule has 1 N–H and O–H groups in total. The molecule has 2 rings (SSSR count). The van der Waals surface area contributed by atoms with E-state index in [4.69, 9.17) is 4.74 Å². The van der Waals surface area contributed by atoms with Gasteiger partial charge in [0.15, 0.2) is 5.13 Å². The van der Waals surface area contributed by atoms with Crippen LogP contribution in [0.4, 0.5) is 5.13 Å². The van der Waals surface area contributed by atoms with Gasteiger partial charge in [0.2, 0.25) is 5.91 Å². The fourth-order valence-electron chi connectivity index (χ4n) is 1.98. The van der Waals surface area contributed by atoms with Gasteiger partial charge in [-0.25, -0.2) is 4.98 Å². The number of carbonyl (C=O) groups excluding carboxylic acids is 2. The van der Waals surface area contributed by atoms with E-state index in [1.54, 1.807) is 6.92 Å². The van der Waals surface area contributed by atoms with Crippen molar-refractivity contribution in [3.8, 4) is 0 Å². The SMILES string of the molecule is CCOC(=O)CN1CCc2nc(NC(C)=O)sc2C1. The molecule has 7 heteroatoms. The van der Waals surface area contributed by atoms with E-state index in [2.05, 4.69) is 10.3 Å². The number of nitrogens with one attached hydrogen (secondary N) is 1. The Kier molecular flexibility index (Phi) is 4.49. The van der Waals surface area contributed by atoms with E-state index in [1.165, 1.54) is 18.3 Å². The number of anilines is 1. The minimum atomic E-state index is -0.197. The van der Waals surface area contributed by atoms with Gasteiger partial charge in [0, 0.05) is 31.3 Å². The molecule has 1 amide bonds. The van der Waals surface area contributed by atoms with Crippen molar-refractivity contribution in [1.29, 1.82) is 0 Å². The summed E-state index contributed by atoms with van der Waals surface area (Å²) in [7, 11) is 0. The molecule has 0 atom stereocenters. The van der Waals surface area contributed by atoms with Crippen LogP contribution in [0, 0.1) is 0 Å². The monoisotopic (exact) mass is 283 g/mol. The Morgan fingerprint density at radius 1 is 1.53 bits per heavy atom. The molecule has 104 valence electrons. The van der Waals surface area contributed by atoms with Crippen molar-refractivity contribution in [2.75, 3.05) is 25.0 Å². The van der Waals surface area contributed by atoms with Crippen LogP contribution in [0.3, 0.4) is 0 Å². The average molecular weight is 283 g/mol. The minimum Gasteiger partial charge on any atom is -0.465 e. The van der Waals surface area contributed by atoms with Gasteiger partial charge < -0.3 is 10.1 Å². The first-order chi connectivity index (χ1) is 9.08. The van der Waals surface area contributed by atoms with E-state index < -0.39 is 0 Å². The first kappa shape index (κ1) is 14.0. The highest BCUT2D eigenvalue weighted by atomic mass is 32.1. The second-order valence-corrected chi connectivity index (χ2v) is 5.42. The van der Waals surface area contributed by atoms with Gasteiger partial charge in [-0.1, -0.05) is 0 Å². The van der Waals surface area contributed by atoms with Gasteiger partial charge in [-0.05, 0) is 6.92 Å². The molecule has 1 aliphatic rings. The summed E-state index contributed by atoms with van der Waals surface area (Å²) in [6.45, 7) is 5.45. The lowest BCUT2D eigenvalue weighted by Gasteiger charge is -2.24. The number of rotatable bonds is 4. The van der Waals surface area contributed by atoms with Gasteiger partial charge in [-0.3, -0.25) is 14.5 Å². The Morgan fingerprint density at radius 2 is 2.32 bits per heavy atom. The summed E-state index contributed by atoms with van der Waals surface area (Å²) in [6.07, 6.45) is 0.796. The van der Waals surface area contributed by atoms with Crippen LogP contribution in [0.5, 0.6) is 0 Å². The van der Waals surface area contributed by atoms with Crippen LogP contribution in [0.2, 0.25) is 0 Å². The molecule has 1 aliphatic heterocycles. The zero-order valence-electron chi connectivity index (χ0n) is 11.1. The molecule has 0 radical (unpaired) electrons. The van der Waals surface area contributed by atoms with Crippen molar-refractivity contribution in [3.05, 3.63) is 10.6 Å². The summed E-state index contributed by atoms with van der Waals surface area (Å²) in [5.74, 6) is -0.313. The van der Waals surface area contributed by atoms with Gasteiger partial charge >= 0.3 is 5.97 Å². The summed E-state index contributed by atoms with van der Waals surface area (Å²) in [6, 6.07) is 0. The highest BCUT2D eigenvalue weighted by Gasteiger charge is 2.22. The molecule has 2 heterocycles. The van der Waals surface area contributed by atoms with E-state index in [0.29, 0.717) is 24.8 Å². The quantitative estimate of drug-likeness (QED) is 0.835. The first-order valence-corrected chi connectivity index (χ1v) is 7.04. The lowest BCUT2D eigenvalue weighted by atomic mass is 10.2. The van der Waals surface area contributed by atoms with E-state index in [-0.39, 0.29) is 11.9 Å². The second kappa shape index (κ2) is 6.12. The molecule has 0 saturated heterocycles. The van der Waals surface area contributed by atoms with Crippen LogP contribution in [0.1, 0.15) is 24.4 Å². The number of ether oxygens (including phenoxy) is 1. The van der Waals surface area contributed by atoms with E-state index >= 15 is 0 Å². The Bertz CT molecular complexity index is 487. The van der Waals surface area contributed by atoms with Crippen molar-refractivity contribution in [3.63, 3.8) is 0 Å². The molecule has 1 aromatic rings. The molecule has 19 heavy (non-hydrogen) atoms. The summed E-state index contributed by atoms with van der Waals surface area (Å²) in [5, 5.41) is 3.33. The van der Waals surface area contributed by atoms with Crippen molar-refractivity contribution in [2.45, 2.75) is 26.8 Å². The topological polar surface area (TPSA) is 71.5 Å². The molecule has 6 nitrogen and oxygen atoms in total. The fraction of sp³-hybridized carbons (Fsp3) is 0.583. The number of thiazole rings is 1. The number of amides is 1. The van der Waals surface area contributed by atoms with Crippen LogP contribution in [-0.2, 0) is 27.3 Å². The zero-order valence-corrected chi connectivity index (χ0v) is 11.9. The largest absolute Gasteiger partial charge is 0.465 e. The van der Waals surface area contributed by atoms with Crippen LogP contribution in [0.15, 0.2) is 0 Å². The fourth-order valence-corrected chi connectivity index (χ4v) is 3.07. The predicted molar refractivity (Wildman–Crippen MR) is 72.0 cm³/mol. The smallest absolute Gasteiger partial charge is 0.320 e. The average Bonchev–Trinajstić information content (AvgIpc) is 2.69. The third kappa shape index (κ3) is 3.74. The Hall–Kier alpha value is -1.47. The molecule has 1 aromatic heterocycles. The normalized spacial score (nSPS) is 14.8. The van der Waals surface area contributed by atoms with E-state index in [9.17, 15) is 9.59 Å². The molecule has 0 saturated carbocycles. The van der Waals surface area contributed by atoms with Crippen LogP contribution < -0.4 is 5.32 Å². The number of nitrogens with zero attached hydrogens (tertiary/aromatic N) is 2. The Labute approximate surface area is 115 Å². The van der Waals surface area contributed by atoms with Crippen molar-refractivity contribution in [1.82, 2.24) is 9.88 Å². The molecule has 0 spiro atoms. The first-order valence-electron chi connectivity index (χ1n) is 6.22. The molecule has 0 aliphatic carbocycles. The summed E-state index contributed by atoms with van der Waals surface area (Å²) in [4.78, 5) is 30.0. The lowest BCUT2D eigenvalue weighted by Crippen LogP contribution is -2.35. The number of fused-ring (bicyclic) bond motifs is 1. The third-order valence-electron chi connectivity index (χ3n) is 2.75. The maximum absolute atomic E-state index is 11.4. The van der Waals surface area contributed by atoms with Gasteiger partial charge in [0.05, 0.1) is 18.8 Å². The standard InChI is InChI=1S/C12H17N3O3S/c1-3-18-11(17)7-15-5-4-9-10(6-15)19-12(14-9)13-8(2)16/h3-7H2,1-2H3,(H,13,14,16). The molecular weight excluding hydrogens is 266 g/mol. The maximum atomic E-state index is 11.4. The van der Waals surface area contributed by atoms with Crippen LogP contribution in [-0.4, -0.2) is 41.5 Å². The van der Waals surface area contributed by atoms with Crippen LogP contribution >= 0.6 is 11.3 Å². The Balaban J connectivity index is 1.97. The van der Waals surface area contributed by atoms with Gasteiger partial charge in [-0.2, -0.15) is 0 Å². The molecule has 0 aromatic carbocycles. The number of hydrogen-bond acceptors (Lipinski definition) is 6. The number of carbonyl (C=O) groups is 2. The molecule has 0 unspecified atom stereocenters. The minimum absolute atomic E-state index is 0.116. The van der Waals surface area contributed by atoms with Gasteiger partial charge in [-0.15, -0.1) is 11.3 Å². The van der Waals surface area contributed by atoms with Gasteiger partial charge in [0.1, 0.15) is 0 Å². The number of aromatic nitrogens is 1. The highest BCUT2D eigenvalue weighted by molar-refractivity contribution is 7.15. The van der Waals surface area contributed by atoms with Gasteiger partial charge in [0.25, 0.3) is 0 Å². The predicted octanol–water partition coefficient (Wildman–Crippen LogP) is 1.02. The summed E-state index contributed by atoms with van der Waals surface area (Å²) >= 11 is 1.47. The number of hydrogen-bond donors (Lipinski definition) is 1. The molecule has 0 bridgehead atoms. The maximum Gasteiger partial charge on any atom is 0.320 e. The molecular formula is C12H17N3O3S. The lowest BCUT2D eigenvalue weighted by molar-refractivity contribution is -0.144. The summed E-state index contributed by atoms with van der Waals surface area (Å²) in [5.41, 5.74) is 1.02. The molecule has 0 fully saturated rings. The number of esters is 1. The van der Waals surface area contributed by atoms with E-state index in [1.807, 2.05) is 4.90 Å². The Morgan fingerprint density at radius 3 is 3.00 bits per heavy atom. The highest BCUT2D eigenvalue weighted by Crippen LogP contribution is 2.28. The van der Waals surface area contributed by atoms with Crippen LogP contribution in [0.25, 0.3) is 0 Å². The van der Waals surface area contributed by atoms with Crippen molar-refractivity contribution in [2.24, 2.45) is 0 Å². The van der Waals surface area contributed by atoms with Crippen molar-refractivity contribution < 1.29 is 14.3 Å². The second-order valence-electron chi connectivity index (χ2n) is 4.34.